The van der Waals surface area contributed by atoms with E-state index in [2.05, 4.69) is 15.8 Å². The normalized spacial score (nSPS) is 14.2. The maximum absolute atomic E-state index is 12.7. The third-order valence-electron chi connectivity index (χ3n) is 5.90. The summed E-state index contributed by atoms with van der Waals surface area (Å²) in [6, 6.07) is 6.48. The molecule has 3 rings (SSSR count). The van der Waals surface area contributed by atoms with E-state index in [9.17, 15) is 28.4 Å². The number of rotatable bonds is 8. The average Bonchev–Trinajstić information content (AvgIpc) is 2.83. The van der Waals surface area contributed by atoms with Crippen molar-refractivity contribution in [3.8, 4) is 11.9 Å². The number of benzene rings is 1. The number of aromatic carboxylic acids is 1. The molecule has 192 valence electrons. The van der Waals surface area contributed by atoms with Crippen molar-refractivity contribution in [3.05, 3.63) is 50.5 Å². The fraction of sp³-hybridized carbons (Fsp3) is 0.391. The van der Waals surface area contributed by atoms with Crippen LogP contribution in [0.1, 0.15) is 46.8 Å². The molecular weight excluding hydrogens is 531 g/mol. The summed E-state index contributed by atoms with van der Waals surface area (Å²) >= 11 is 11.9. The van der Waals surface area contributed by atoms with Crippen molar-refractivity contribution in [1.29, 1.82) is 5.26 Å². The fourth-order valence-corrected chi connectivity index (χ4v) is 5.90. The Labute approximate surface area is 218 Å². The van der Waals surface area contributed by atoms with Gasteiger partial charge in [0.25, 0.3) is 0 Å². The van der Waals surface area contributed by atoms with Crippen LogP contribution in [0.4, 0.5) is 5.82 Å². The van der Waals surface area contributed by atoms with E-state index >= 15 is 0 Å². The molecule has 0 spiro atoms. The molecule has 0 atom stereocenters. The van der Waals surface area contributed by atoms with E-state index in [0.29, 0.717) is 42.1 Å². The maximum Gasteiger partial charge on any atom is 0.341 e. The van der Waals surface area contributed by atoms with Crippen LogP contribution in [0.25, 0.3) is 0 Å². The number of ether oxygens (including phenoxy) is 1. The molecule has 0 bridgehead atoms. The molecule has 10 nitrogen and oxygen atoms in total. The van der Waals surface area contributed by atoms with Crippen molar-refractivity contribution in [2.45, 2.75) is 31.9 Å². The number of methoxy groups -OCH3 is 1. The van der Waals surface area contributed by atoms with Crippen molar-refractivity contribution < 1.29 is 27.9 Å². The van der Waals surface area contributed by atoms with Gasteiger partial charge in [-0.15, -0.1) is 0 Å². The van der Waals surface area contributed by atoms with Gasteiger partial charge in [-0.25, -0.2) is 13.2 Å². The molecule has 0 radical (unpaired) electrons. The Hall–Kier alpha value is -3.07. The molecule has 1 aliphatic heterocycles. The van der Waals surface area contributed by atoms with E-state index in [-0.39, 0.29) is 34.3 Å². The lowest BCUT2D eigenvalue weighted by atomic mass is 9.95. The number of halogens is 2. The minimum Gasteiger partial charge on any atom is -0.480 e. The first kappa shape index (κ1) is 27.5. The smallest absolute Gasteiger partial charge is 0.341 e. The molecule has 1 aromatic carbocycles. The van der Waals surface area contributed by atoms with Crippen LogP contribution >= 0.6 is 23.2 Å². The van der Waals surface area contributed by atoms with Crippen molar-refractivity contribution in [2.24, 2.45) is 5.92 Å². The van der Waals surface area contributed by atoms with Gasteiger partial charge in [0, 0.05) is 29.1 Å². The van der Waals surface area contributed by atoms with Gasteiger partial charge in [0.2, 0.25) is 21.8 Å². The first-order valence-corrected chi connectivity index (χ1v) is 13.4. The number of sulfonamides is 1. The van der Waals surface area contributed by atoms with Gasteiger partial charge in [0.15, 0.2) is 5.82 Å². The number of carbonyl (C=O) groups excluding carboxylic acids is 1. The Morgan fingerprint density at radius 1 is 1.31 bits per heavy atom. The highest BCUT2D eigenvalue weighted by Gasteiger charge is 2.32. The van der Waals surface area contributed by atoms with Gasteiger partial charge in [-0.3, -0.25) is 9.52 Å². The highest BCUT2D eigenvalue weighted by Crippen LogP contribution is 2.33. The zero-order valence-corrected chi connectivity index (χ0v) is 21.9. The van der Waals surface area contributed by atoms with E-state index in [1.165, 1.54) is 25.3 Å². The molecular formula is C23H24Cl2N4O6S. The van der Waals surface area contributed by atoms with Crippen molar-refractivity contribution in [1.82, 2.24) is 9.71 Å². The van der Waals surface area contributed by atoms with E-state index < -0.39 is 33.6 Å². The van der Waals surface area contributed by atoms with E-state index in [1.807, 2.05) is 0 Å². The number of aromatic nitrogens is 1. The summed E-state index contributed by atoms with van der Waals surface area (Å²) in [5.41, 5.74) is 0.622. The topological polar surface area (TPSA) is 150 Å². The number of nitrogens with zero attached hydrogens (tertiary/aromatic N) is 3. The molecule has 0 aliphatic carbocycles. The van der Waals surface area contributed by atoms with Crippen LogP contribution in [0, 0.1) is 17.2 Å². The number of amides is 1. The van der Waals surface area contributed by atoms with Crippen molar-refractivity contribution in [2.75, 3.05) is 25.1 Å². The number of carboxylic acid groups (broad SMARTS) is 1. The Kier molecular flexibility index (Phi) is 8.66. The van der Waals surface area contributed by atoms with Gasteiger partial charge in [-0.1, -0.05) is 36.2 Å². The van der Waals surface area contributed by atoms with E-state index in [0.717, 1.165) is 0 Å². The Bertz CT molecular complexity index is 1340. The predicted molar refractivity (Wildman–Crippen MR) is 134 cm³/mol. The lowest BCUT2D eigenvalue weighted by Crippen LogP contribution is -2.43. The SMILES string of the molecule is CCc1c(C#N)c(N2CCC(C(=O)NS(=O)(=O)Cc3ccc(Cl)cc3Cl)CC2)nc(OC)c1C(=O)O. The van der Waals surface area contributed by atoms with Crippen LogP contribution in [0.15, 0.2) is 18.2 Å². The third-order valence-corrected chi connectivity index (χ3v) is 7.69. The first-order valence-electron chi connectivity index (χ1n) is 11.0. The average molecular weight is 555 g/mol. The number of hydrogen-bond acceptors (Lipinski definition) is 8. The molecule has 0 saturated carbocycles. The van der Waals surface area contributed by atoms with Crippen LogP contribution in [0.5, 0.6) is 5.88 Å². The van der Waals surface area contributed by atoms with Gasteiger partial charge in [0.1, 0.15) is 11.6 Å². The maximum atomic E-state index is 12.7. The fourth-order valence-electron chi connectivity index (χ4n) is 4.13. The van der Waals surface area contributed by atoms with E-state index in [1.54, 1.807) is 11.8 Å². The second-order valence-corrected chi connectivity index (χ2v) is 10.7. The van der Waals surface area contributed by atoms with Crippen LogP contribution in [0.3, 0.4) is 0 Å². The zero-order valence-electron chi connectivity index (χ0n) is 19.5. The number of hydrogen-bond donors (Lipinski definition) is 2. The van der Waals surface area contributed by atoms with Crippen LogP contribution in [-0.4, -0.2) is 50.6 Å². The van der Waals surface area contributed by atoms with Gasteiger partial charge < -0.3 is 14.7 Å². The Balaban J connectivity index is 1.73. The summed E-state index contributed by atoms with van der Waals surface area (Å²) < 4.78 is 32.4. The van der Waals surface area contributed by atoms with Crippen LogP contribution in [-0.2, 0) is 27.0 Å². The second kappa shape index (κ2) is 11.3. The van der Waals surface area contributed by atoms with Crippen molar-refractivity contribution in [3.63, 3.8) is 0 Å². The summed E-state index contributed by atoms with van der Waals surface area (Å²) in [7, 11) is -2.69. The molecule has 2 heterocycles. The zero-order chi connectivity index (χ0) is 26.6. The standard InChI is InChI=1S/C23H24Cl2N4O6S/c1-3-16-17(11-26)20(27-22(35-2)19(16)23(31)32)29-8-6-13(7-9-29)21(30)28-36(33,34)12-14-4-5-15(24)10-18(14)25/h4-5,10,13H,3,6-9,12H2,1-2H3,(H,28,30)(H,31,32). The molecule has 1 aliphatic rings. The number of pyridine rings is 1. The van der Waals surface area contributed by atoms with E-state index in [4.69, 9.17) is 27.9 Å². The highest BCUT2D eigenvalue weighted by molar-refractivity contribution is 7.89. The summed E-state index contributed by atoms with van der Waals surface area (Å²) in [5.74, 6) is -2.73. The molecule has 0 unspecified atom stereocenters. The number of nitriles is 1. The summed E-state index contributed by atoms with van der Waals surface area (Å²) in [5, 5.41) is 19.9. The summed E-state index contributed by atoms with van der Waals surface area (Å²) in [6.07, 6.45) is 0.894. The monoisotopic (exact) mass is 554 g/mol. The van der Waals surface area contributed by atoms with Gasteiger partial charge in [0.05, 0.1) is 18.4 Å². The highest BCUT2D eigenvalue weighted by atomic mass is 35.5. The van der Waals surface area contributed by atoms with Crippen molar-refractivity contribution >= 4 is 50.9 Å². The number of anilines is 1. The second-order valence-electron chi connectivity index (χ2n) is 8.17. The quantitative estimate of drug-likeness (QED) is 0.500. The molecule has 2 aromatic rings. The Morgan fingerprint density at radius 2 is 1.97 bits per heavy atom. The number of carbonyl (C=O) groups is 2. The molecule has 36 heavy (non-hydrogen) atoms. The molecule has 2 N–H and O–H groups in total. The molecule has 1 fully saturated rings. The number of piperidine rings is 1. The summed E-state index contributed by atoms with van der Waals surface area (Å²) in [4.78, 5) is 30.5. The number of nitrogens with one attached hydrogen (secondary N) is 1. The first-order chi connectivity index (χ1) is 17.0. The minimum atomic E-state index is -3.99. The molecule has 13 heteroatoms. The van der Waals surface area contributed by atoms with Gasteiger partial charge >= 0.3 is 5.97 Å². The third kappa shape index (κ3) is 6.00. The molecule has 1 saturated heterocycles. The Morgan fingerprint density at radius 3 is 2.50 bits per heavy atom. The predicted octanol–water partition coefficient (Wildman–Crippen LogP) is 3.39. The van der Waals surface area contributed by atoms with Gasteiger partial charge in [-0.2, -0.15) is 10.2 Å². The molecule has 1 aromatic heterocycles. The summed E-state index contributed by atoms with van der Waals surface area (Å²) in [6.45, 7) is 2.35. The lowest BCUT2D eigenvalue weighted by molar-refractivity contribution is -0.123. The molecule has 1 amide bonds. The lowest BCUT2D eigenvalue weighted by Gasteiger charge is -2.33. The minimum absolute atomic E-state index is 0.0971. The van der Waals surface area contributed by atoms with Crippen LogP contribution < -0.4 is 14.4 Å². The van der Waals surface area contributed by atoms with Gasteiger partial charge in [-0.05, 0) is 42.5 Å². The number of carboxylic acids is 1. The largest absolute Gasteiger partial charge is 0.480 e. The van der Waals surface area contributed by atoms with Crippen LogP contribution in [0.2, 0.25) is 10.0 Å².